The lowest BCUT2D eigenvalue weighted by Gasteiger charge is -2.15. The Hall–Kier alpha value is -2.83. The topological polar surface area (TPSA) is 116 Å². The number of carbonyl (C=O) groups excluding carboxylic acids is 1. The van der Waals surface area contributed by atoms with Crippen molar-refractivity contribution in [3.05, 3.63) is 48.3 Å². The van der Waals surface area contributed by atoms with Crippen LogP contribution < -0.4 is 11.1 Å². The molecule has 19 heavy (non-hydrogen) atoms. The first-order chi connectivity index (χ1) is 9.22. The van der Waals surface area contributed by atoms with Crippen LogP contribution in [-0.4, -0.2) is 27.1 Å². The number of rotatable bonds is 4. The third-order valence-electron chi connectivity index (χ3n) is 2.57. The quantitative estimate of drug-likeness (QED) is 0.282. The predicted molar refractivity (Wildman–Crippen MR) is 69.8 cm³/mol. The molecule has 1 unspecified atom stereocenters. The molecule has 98 valence electrons. The fourth-order valence-corrected chi connectivity index (χ4v) is 1.69. The summed E-state index contributed by atoms with van der Waals surface area (Å²) in [5, 5.41) is 20.7. The molecule has 0 aliphatic carbocycles. The molecule has 1 aromatic carbocycles. The minimum atomic E-state index is -0.860. The number of carbonyl (C=O) groups is 1. The van der Waals surface area contributed by atoms with Crippen molar-refractivity contribution in [3.63, 3.8) is 0 Å². The van der Waals surface area contributed by atoms with Crippen molar-refractivity contribution in [2.45, 2.75) is 5.92 Å². The molecule has 7 nitrogen and oxygen atoms in total. The van der Waals surface area contributed by atoms with Gasteiger partial charge in [0.25, 0.3) is 0 Å². The Labute approximate surface area is 109 Å². The molecular weight excluding hydrogens is 246 g/mol. The average molecular weight is 259 g/mol. The molecule has 1 heterocycles. The number of amidine groups is 1. The Morgan fingerprint density at radius 1 is 1.42 bits per heavy atom. The Balaban J connectivity index is 2.26. The molecule has 0 spiro atoms. The van der Waals surface area contributed by atoms with E-state index in [1.807, 2.05) is 6.07 Å². The number of aromatic amines is 1. The number of nitrogens with two attached hydrogens (primary N) is 1. The molecule has 1 atom stereocenters. The number of nitrogens with one attached hydrogen (secondary N) is 2. The van der Waals surface area contributed by atoms with E-state index < -0.39 is 11.8 Å². The molecular formula is C12H13N5O2. The highest BCUT2D eigenvalue weighted by Gasteiger charge is 2.25. The van der Waals surface area contributed by atoms with Gasteiger partial charge in [0.05, 0.1) is 11.9 Å². The highest BCUT2D eigenvalue weighted by Crippen LogP contribution is 2.18. The molecule has 2 aromatic rings. The normalized spacial score (nSPS) is 12.9. The standard InChI is InChI=1S/C12H13N5O2/c13-11(17-19)10(8-4-2-1-3-5-8)12(18)16-9-6-14-15-7-9/h1-7,10,19H,(H2,13,17)(H,14,15)(H,16,18). The number of nitrogens with zero attached hydrogens (tertiary/aromatic N) is 2. The molecule has 7 heteroatoms. The summed E-state index contributed by atoms with van der Waals surface area (Å²) in [6.07, 6.45) is 3.00. The van der Waals surface area contributed by atoms with E-state index in [-0.39, 0.29) is 5.84 Å². The molecule has 5 N–H and O–H groups in total. The third-order valence-corrected chi connectivity index (χ3v) is 2.57. The maximum Gasteiger partial charge on any atom is 0.239 e. The van der Waals surface area contributed by atoms with E-state index in [2.05, 4.69) is 20.7 Å². The summed E-state index contributed by atoms with van der Waals surface area (Å²) in [6, 6.07) is 8.84. The summed E-state index contributed by atoms with van der Waals surface area (Å²) >= 11 is 0. The zero-order chi connectivity index (χ0) is 13.7. The van der Waals surface area contributed by atoms with Crippen LogP contribution in [0.1, 0.15) is 11.5 Å². The molecule has 1 aromatic heterocycles. The predicted octanol–water partition coefficient (Wildman–Crippen LogP) is 0.878. The van der Waals surface area contributed by atoms with Gasteiger partial charge in [-0.05, 0) is 5.56 Å². The lowest BCUT2D eigenvalue weighted by Crippen LogP contribution is -2.32. The molecule has 0 aliphatic rings. The lowest BCUT2D eigenvalue weighted by atomic mass is 9.97. The molecule has 2 rings (SSSR count). The maximum absolute atomic E-state index is 12.2. The molecule has 0 bridgehead atoms. The molecule has 0 saturated carbocycles. The summed E-state index contributed by atoms with van der Waals surface area (Å²) in [4.78, 5) is 12.2. The van der Waals surface area contributed by atoms with Gasteiger partial charge in [-0.2, -0.15) is 5.10 Å². The van der Waals surface area contributed by atoms with Crippen LogP contribution in [0.25, 0.3) is 0 Å². The zero-order valence-electron chi connectivity index (χ0n) is 9.95. The fourth-order valence-electron chi connectivity index (χ4n) is 1.69. The smallest absolute Gasteiger partial charge is 0.239 e. The van der Waals surface area contributed by atoms with Gasteiger partial charge in [-0.25, -0.2) is 0 Å². The van der Waals surface area contributed by atoms with Crippen LogP contribution in [-0.2, 0) is 4.79 Å². The second kappa shape index (κ2) is 5.67. The van der Waals surface area contributed by atoms with Crippen LogP contribution >= 0.6 is 0 Å². The fraction of sp³-hybridized carbons (Fsp3) is 0.0833. The van der Waals surface area contributed by atoms with E-state index in [9.17, 15) is 4.79 Å². The Bertz CT molecular complexity index is 565. The molecule has 0 saturated heterocycles. The van der Waals surface area contributed by atoms with Gasteiger partial charge in [0.15, 0.2) is 5.84 Å². The number of oxime groups is 1. The van der Waals surface area contributed by atoms with Crippen molar-refractivity contribution >= 4 is 17.4 Å². The highest BCUT2D eigenvalue weighted by atomic mass is 16.4. The summed E-state index contributed by atoms with van der Waals surface area (Å²) in [7, 11) is 0. The Morgan fingerprint density at radius 3 is 2.74 bits per heavy atom. The largest absolute Gasteiger partial charge is 0.409 e. The van der Waals surface area contributed by atoms with Crippen molar-refractivity contribution in [1.29, 1.82) is 0 Å². The monoisotopic (exact) mass is 259 g/mol. The van der Waals surface area contributed by atoms with Crippen LogP contribution in [0.2, 0.25) is 0 Å². The van der Waals surface area contributed by atoms with Crippen LogP contribution in [0.5, 0.6) is 0 Å². The second-order valence-corrected chi connectivity index (χ2v) is 3.84. The number of H-pyrrole nitrogens is 1. The molecule has 0 fully saturated rings. The van der Waals surface area contributed by atoms with Crippen molar-refractivity contribution < 1.29 is 10.0 Å². The Morgan fingerprint density at radius 2 is 2.16 bits per heavy atom. The summed E-state index contributed by atoms with van der Waals surface area (Å²) in [6.45, 7) is 0. The number of hydrogen-bond acceptors (Lipinski definition) is 4. The maximum atomic E-state index is 12.2. The first kappa shape index (κ1) is 12.6. The summed E-state index contributed by atoms with van der Waals surface area (Å²) < 4.78 is 0. The van der Waals surface area contributed by atoms with Gasteiger partial charge in [-0.1, -0.05) is 35.5 Å². The first-order valence-electron chi connectivity index (χ1n) is 5.54. The van der Waals surface area contributed by atoms with E-state index in [1.165, 1.54) is 12.4 Å². The van der Waals surface area contributed by atoms with Crippen molar-refractivity contribution in [2.75, 3.05) is 5.32 Å². The summed E-state index contributed by atoms with van der Waals surface area (Å²) in [5.41, 5.74) is 6.74. The lowest BCUT2D eigenvalue weighted by molar-refractivity contribution is -0.116. The minimum Gasteiger partial charge on any atom is -0.409 e. The van der Waals surface area contributed by atoms with E-state index in [0.717, 1.165) is 0 Å². The van der Waals surface area contributed by atoms with Gasteiger partial charge in [0.2, 0.25) is 5.91 Å². The Kier molecular flexibility index (Phi) is 3.77. The van der Waals surface area contributed by atoms with Crippen LogP contribution in [0.15, 0.2) is 47.9 Å². The van der Waals surface area contributed by atoms with Gasteiger partial charge >= 0.3 is 0 Å². The number of aromatic nitrogens is 2. The van der Waals surface area contributed by atoms with Gasteiger partial charge in [0, 0.05) is 6.20 Å². The van der Waals surface area contributed by atoms with Gasteiger partial charge in [0.1, 0.15) is 5.92 Å². The number of amides is 1. The number of anilines is 1. The number of hydrogen-bond donors (Lipinski definition) is 4. The average Bonchev–Trinajstić information content (AvgIpc) is 2.93. The highest BCUT2D eigenvalue weighted by molar-refractivity contribution is 6.12. The van der Waals surface area contributed by atoms with Crippen molar-refractivity contribution in [2.24, 2.45) is 10.9 Å². The van der Waals surface area contributed by atoms with Crippen LogP contribution in [0, 0.1) is 0 Å². The van der Waals surface area contributed by atoms with E-state index in [1.54, 1.807) is 24.3 Å². The van der Waals surface area contributed by atoms with E-state index in [0.29, 0.717) is 11.3 Å². The zero-order valence-corrected chi connectivity index (χ0v) is 9.95. The van der Waals surface area contributed by atoms with E-state index >= 15 is 0 Å². The van der Waals surface area contributed by atoms with Gasteiger partial charge in [-0.15, -0.1) is 0 Å². The van der Waals surface area contributed by atoms with Crippen LogP contribution in [0.4, 0.5) is 5.69 Å². The van der Waals surface area contributed by atoms with Crippen LogP contribution in [0.3, 0.4) is 0 Å². The molecule has 0 radical (unpaired) electrons. The first-order valence-corrected chi connectivity index (χ1v) is 5.54. The number of benzene rings is 1. The minimum absolute atomic E-state index is 0.174. The van der Waals surface area contributed by atoms with E-state index in [4.69, 9.17) is 10.9 Å². The van der Waals surface area contributed by atoms with Crippen molar-refractivity contribution in [3.8, 4) is 0 Å². The third kappa shape index (κ3) is 2.89. The molecule has 1 amide bonds. The SMILES string of the molecule is NC(=NO)C(C(=O)Nc1cn[nH]c1)c1ccccc1. The van der Waals surface area contributed by atoms with Crippen molar-refractivity contribution in [1.82, 2.24) is 10.2 Å². The summed E-state index contributed by atoms with van der Waals surface area (Å²) in [5.74, 6) is -1.43. The van der Waals surface area contributed by atoms with Gasteiger partial charge in [-0.3, -0.25) is 9.89 Å². The molecule has 0 aliphatic heterocycles. The second-order valence-electron chi connectivity index (χ2n) is 3.84. The van der Waals surface area contributed by atoms with Gasteiger partial charge < -0.3 is 16.3 Å².